The summed E-state index contributed by atoms with van der Waals surface area (Å²) in [6, 6.07) is 14.1. The summed E-state index contributed by atoms with van der Waals surface area (Å²) in [6.07, 6.45) is 2.47. The van der Waals surface area contributed by atoms with Crippen molar-refractivity contribution in [3.8, 4) is 15.5 Å². The molecule has 1 N–H and O–H groups in total. The van der Waals surface area contributed by atoms with Crippen LogP contribution in [0, 0.1) is 11.1 Å². The first-order valence-electron chi connectivity index (χ1n) is 13.2. The van der Waals surface area contributed by atoms with E-state index in [1.807, 2.05) is 50.2 Å². The molecule has 3 unspecified atom stereocenters. The number of hydrogen-bond acceptors (Lipinski definition) is 7. The van der Waals surface area contributed by atoms with Crippen molar-refractivity contribution in [3.63, 3.8) is 0 Å². The first kappa shape index (κ1) is 27.3. The molecule has 2 aromatic heterocycles. The number of ether oxygens (including phenoxy) is 1. The Labute approximate surface area is 235 Å². The molecule has 0 bridgehead atoms. The van der Waals surface area contributed by atoms with Gasteiger partial charge in [0.05, 0.1) is 12.6 Å². The summed E-state index contributed by atoms with van der Waals surface area (Å²) in [7, 11) is 0. The summed E-state index contributed by atoms with van der Waals surface area (Å²) >= 11 is 1.32. The second-order valence-corrected chi connectivity index (χ2v) is 11.4. The molecule has 1 aromatic carbocycles. The highest BCUT2D eigenvalue weighted by Gasteiger charge is 2.52. The Morgan fingerprint density at radius 3 is 2.60 bits per heavy atom. The van der Waals surface area contributed by atoms with E-state index in [9.17, 15) is 24.4 Å². The van der Waals surface area contributed by atoms with Crippen LogP contribution in [0.3, 0.4) is 0 Å². The Morgan fingerprint density at radius 2 is 1.88 bits per heavy atom. The van der Waals surface area contributed by atoms with Crippen LogP contribution < -0.4 is 14.8 Å². The third-order valence-electron chi connectivity index (χ3n) is 7.12. The third kappa shape index (κ3) is 5.69. The molecule has 2 saturated heterocycles. The Balaban J connectivity index is 1.27. The van der Waals surface area contributed by atoms with E-state index in [0.717, 1.165) is 10.4 Å². The maximum absolute atomic E-state index is 13.7. The molecule has 3 amide bonds. The zero-order chi connectivity index (χ0) is 28.4. The van der Waals surface area contributed by atoms with Crippen LogP contribution in [0.2, 0.25) is 0 Å². The summed E-state index contributed by atoms with van der Waals surface area (Å²) < 4.78 is 6.04. The van der Waals surface area contributed by atoms with Gasteiger partial charge in [-0.05, 0) is 42.5 Å². The normalized spacial score (nSPS) is 19.0. The van der Waals surface area contributed by atoms with Gasteiger partial charge in [0.25, 0.3) is 5.91 Å². The van der Waals surface area contributed by atoms with E-state index in [4.69, 9.17) is 4.74 Å². The van der Waals surface area contributed by atoms with Gasteiger partial charge < -0.3 is 25.1 Å². The number of pyridine rings is 1. The van der Waals surface area contributed by atoms with E-state index in [-0.39, 0.29) is 36.3 Å². The number of thiophene rings is 1. The predicted octanol–water partition coefficient (Wildman–Crippen LogP) is 3.25. The Kier molecular flexibility index (Phi) is 7.83. The number of hydrogen-bond donors (Lipinski definition) is 1. The van der Waals surface area contributed by atoms with Crippen LogP contribution in [-0.2, 0) is 9.59 Å². The molecule has 11 heteroatoms. The zero-order valence-electron chi connectivity index (χ0n) is 22.2. The number of carbonyl (C=O) groups excluding carboxylic acids is 4. The average molecular weight is 563 g/mol. The van der Waals surface area contributed by atoms with Crippen LogP contribution in [0.15, 0.2) is 67.0 Å². The smallest absolute Gasteiger partial charge is 0.414 e. The van der Waals surface area contributed by atoms with Gasteiger partial charge in [-0.25, -0.2) is 4.79 Å². The van der Waals surface area contributed by atoms with Crippen molar-refractivity contribution in [2.75, 3.05) is 13.1 Å². The van der Waals surface area contributed by atoms with Gasteiger partial charge in [-0.15, -0.1) is 0 Å². The number of amides is 3. The van der Waals surface area contributed by atoms with Crippen molar-refractivity contribution in [1.82, 2.24) is 15.1 Å². The Hall–Kier alpha value is -4.25. The van der Waals surface area contributed by atoms with E-state index >= 15 is 0 Å². The van der Waals surface area contributed by atoms with Gasteiger partial charge >= 0.3 is 6.09 Å². The number of fused-ring (bicyclic) bond motifs is 1. The van der Waals surface area contributed by atoms with Crippen LogP contribution in [-0.4, -0.2) is 64.7 Å². The lowest BCUT2D eigenvalue weighted by Crippen LogP contribution is -2.53. The quantitative estimate of drug-likeness (QED) is 0.348. The molecule has 40 heavy (non-hydrogen) atoms. The molecule has 2 fully saturated rings. The molecule has 2 aliphatic heterocycles. The first-order chi connectivity index (χ1) is 19.2. The van der Waals surface area contributed by atoms with Gasteiger partial charge in [0.2, 0.25) is 5.91 Å². The van der Waals surface area contributed by atoms with Gasteiger partial charge in [-0.2, -0.15) is 4.73 Å². The van der Waals surface area contributed by atoms with Crippen molar-refractivity contribution in [2.24, 2.45) is 5.92 Å². The molecule has 4 heterocycles. The Morgan fingerprint density at radius 1 is 1.10 bits per heavy atom. The van der Waals surface area contributed by atoms with Crippen molar-refractivity contribution in [3.05, 3.63) is 77.8 Å². The highest BCUT2D eigenvalue weighted by molar-refractivity contribution is 7.17. The minimum absolute atomic E-state index is 0.0771. The molecule has 10 nitrogen and oxygen atoms in total. The molecule has 2 aliphatic rings. The highest BCUT2D eigenvalue weighted by atomic mass is 32.1. The summed E-state index contributed by atoms with van der Waals surface area (Å²) in [5.41, 5.74) is 1.19. The standard InChI is InChI=1S/C29H30N4O6S/c1-18(2)15-21(30-29(37)39-25-11-10-24(40-25)19-7-4-3-5-8-19)28(36)32-14-12-22-26(32)23(34)17-33(22)27(35)20-9-6-13-31(38)16-20/h3-11,13,16,18,21-22,26H,12,14-15,17H2,1-2H3,(H,30,37). The second-order valence-electron chi connectivity index (χ2n) is 10.4. The number of likely N-dealkylation sites (tertiary alicyclic amines) is 2. The zero-order valence-corrected chi connectivity index (χ0v) is 23.0. The van der Waals surface area contributed by atoms with Gasteiger partial charge in [0.15, 0.2) is 23.2 Å². The lowest BCUT2D eigenvalue weighted by atomic mass is 10.0. The number of Topliss-reactive ketones (excluding diaryl/α,β-unsaturated/α-hetero) is 1. The van der Waals surface area contributed by atoms with Gasteiger partial charge in [0.1, 0.15) is 17.6 Å². The maximum atomic E-state index is 13.7. The summed E-state index contributed by atoms with van der Waals surface area (Å²) in [5, 5.41) is 14.8. The van der Waals surface area contributed by atoms with E-state index in [1.165, 1.54) is 45.7 Å². The number of benzene rings is 1. The fourth-order valence-corrected chi connectivity index (χ4v) is 6.23. The fraction of sp³-hybridized carbons (Fsp3) is 0.345. The largest absolute Gasteiger partial charge is 0.619 e. The SMILES string of the molecule is CC(C)CC(NC(=O)Oc1ccc(-c2ccccc2)s1)C(=O)N1CCC2C1C(=O)CN2C(=O)c1ccc[n+]([O-])c1. The monoisotopic (exact) mass is 562 g/mol. The van der Waals surface area contributed by atoms with Gasteiger partial charge in [0, 0.05) is 17.5 Å². The van der Waals surface area contributed by atoms with Crippen LogP contribution in [0.25, 0.3) is 10.4 Å². The highest BCUT2D eigenvalue weighted by Crippen LogP contribution is 2.34. The van der Waals surface area contributed by atoms with Crippen LogP contribution in [0.4, 0.5) is 4.79 Å². The molecule has 0 radical (unpaired) electrons. The molecular formula is C29H30N4O6S. The number of nitrogens with zero attached hydrogens (tertiary/aromatic N) is 3. The van der Waals surface area contributed by atoms with Crippen molar-refractivity contribution in [1.29, 1.82) is 0 Å². The molecule has 5 rings (SSSR count). The average Bonchev–Trinajstić information content (AvgIpc) is 3.65. The van der Waals surface area contributed by atoms with E-state index in [2.05, 4.69) is 5.32 Å². The topological polar surface area (TPSA) is 123 Å². The van der Waals surface area contributed by atoms with Crippen molar-refractivity contribution < 1.29 is 28.6 Å². The number of carbonyl (C=O) groups is 4. The third-order valence-corrected chi connectivity index (χ3v) is 8.13. The van der Waals surface area contributed by atoms with Crippen molar-refractivity contribution >= 4 is 35.0 Å². The Bertz CT molecular complexity index is 1420. The number of aromatic nitrogens is 1. The van der Waals surface area contributed by atoms with Crippen LogP contribution >= 0.6 is 11.3 Å². The molecule has 208 valence electrons. The molecule has 0 aliphatic carbocycles. The molecule has 3 aromatic rings. The van der Waals surface area contributed by atoms with Gasteiger partial charge in [-0.3, -0.25) is 14.4 Å². The van der Waals surface area contributed by atoms with Crippen molar-refractivity contribution in [2.45, 2.75) is 44.8 Å². The summed E-state index contributed by atoms with van der Waals surface area (Å²) in [5.74, 6) is -0.970. The minimum Gasteiger partial charge on any atom is -0.619 e. The lowest BCUT2D eigenvalue weighted by Gasteiger charge is -2.28. The maximum Gasteiger partial charge on any atom is 0.414 e. The van der Waals surface area contributed by atoms with E-state index < -0.39 is 30.1 Å². The van der Waals surface area contributed by atoms with Crippen LogP contribution in [0.5, 0.6) is 5.06 Å². The number of ketones is 1. The molecule has 0 saturated carbocycles. The number of rotatable bonds is 7. The van der Waals surface area contributed by atoms with Gasteiger partial charge in [-0.1, -0.05) is 55.5 Å². The minimum atomic E-state index is -0.897. The fourth-order valence-electron chi connectivity index (χ4n) is 5.37. The van der Waals surface area contributed by atoms with E-state index in [1.54, 1.807) is 6.07 Å². The summed E-state index contributed by atoms with van der Waals surface area (Å²) in [4.78, 5) is 56.5. The number of nitrogens with one attached hydrogen (secondary N) is 1. The van der Waals surface area contributed by atoms with E-state index in [0.29, 0.717) is 22.6 Å². The predicted molar refractivity (Wildman–Crippen MR) is 148 cm³/mol. The first-order valence-corrected chi connectivity index (χ1v) is 14.0. The van der Waals surface area contributed by atoms with Crippen LogP contribution in [0.1, 0.15) is 37.0 Å². The summed E-state index contributed by atoms with van der Waals surface area (Å²) in [6.45, 7) is 4.01. The second kappa shape index (κ2) is 11.5. The molecular weight excluding hydrogens is 532 g/mol. The molecule has 3 atom stereocenters. The molecule has 0 spiro atoms. The lowest BCUT2D eigenvalue weighted by molar-refractivity contribution is -0.605.